The highest BCUT2D eigenvalue weighted by Gasteiger charge is 2.19. The van der Waals surface area contributed by atoms with E-state index in [-0.39, 0.29) is 5.91 Å². The van der Waals surface area contributed by atoms with Crippen LogP contribution in [0.1, 0.15) is 23.5 Å². The SMILES string of the molecule is CCOCCN(CCOCC)C(=O)c1sccc1Br. The van der Waals surface area contributed by atoms with Crippen molar-refractivity contribution in [2.45, 2.75) is 13.8 Å². The first kappa shape index (κ1) is 16.6. The van der Waals surface area contributed by atoms with Crippen LogP contribution >= 0.6 is 27.3 Å². The third kappa shape index (κ3) is 5.60. The summed E-state index contributed by atoms with van der Waals surface area (Å²) in [5.41, 5.74) is 0. The summed E-state index contributed by atoms with van der Waals surface area (Å²) >= 11 is 4.84. The summed E-state index contributed by atoms with van der Waals surface area (Å²) in [6.45, 7) is 7.50. The maximum Gasteiger partial charge on any atom is 0.265 e. The van der Waals surface area contributed by atoms with Gasteiger partial charge in [-0.05, 0) is 41.2 Å². The maximum absolute atomic E-state index is 12.4. The van der Waals surface area contributed by atoms with E-state index in [4.69, 9.17) is 9.47 Å². The van der Waals surface area contributed by atoms with Gasteiger partial charge in [-0.25, -0.2) is 0 Å². The summed E-state index contributed by atoms with van der Waals surface area (Å²) in [5.74, 6) is 0.0290. The number of ether oxygens (including phenoxy) is 2. The third-order valence-electron chi connectivity index (χ3n) is 2.52. The van der Waals surface area contributed by atoms with Crippen molar-refractivity contribution >= 4 is 33.2 Å². The summed E-state index contributed by atoms with van der Waals surface area (Å²) in [6, 6.07) is 1.89. The number of thiophene rings is 1. The van der Waals surface area contributed by atoms with Crippen LogP contribution in [0.4, 0.5) is 0 Å². The van der Waals surface area contributed by atoms with Crippen molar-refractivity contribution in [3.05, 3.63) is 20.8 Å². The molecule has 0 atom stereocenters. The molecule has 0 unspecified atom stereocenters. The molecule has 0 fully saturated rings. The maximum atomic E-state index is 12.4. The summed E-state index contributed by atoms with van der Waals surface area (Å²) in [7, 11) is 0. The highest BCUT2D eigenvalue weighted by molar-refractivity contribution is 9.10. The predicted octanol–water partition coefficient (Wildman–Crippen LogP) is 3.03. The molecule has 1 amide bonds. The van der Waals surface area contributed by atoms with Crippen molar-refractivity contribution in [2.24, 2.45) is 0 Å². The van der Waals surface area contributed by atoms with Crippen molar-refractivity contribution in [2.75, 3.05) is 39.5 Å². The zero-order chi connectivity index (χ0) is 14.1. The van der Waals surface area contributed by atoms with E-state index in [1.54, 1.807) is 4.90 Å². The number of halogens is 1. The van der Waals surface area contributed by atoms with Crippen LogP contribution in [0.5, 0.6) is 0 Å². The van der Waals surface area contributed by atoms with Crippen LogP contribution in [0, 0.1) is 0 Å². The number of nitrogens with zero attached hydrogens (tertiary/aromatic N) is 1. The number of carbonyl (C=O) groups is 1. The molecule has 0 spiro atoms. The third-order valence-corrected chi connectivity index (χ3v) is 4.34. The van der Waals surface area contributed by atoms with Gasteiger partial charge >= 0.3 is 0 Å². The molecule has 6 heteroatoms. The van der Waals surface area contributed by atoms with Crippen LogP contribution in [0.15, 0.2) is 15.9 Å². The molecule has 4 nitrogen and oxygen atoms in total. The van der Waals surface area contributed by atoms with Crippen LogP contribution in [0.2, 0.25) is 0 Å². The number of carbonyl (C=O) groups excluding carboxylic acids is 1. The zero-order valence-corrected chi connectivity index (χ0v) is 13.8. The van der Waals surface area contributed by atoms with Gasteiger partial charge in [-0.15, -0.1) is 11.3 Å². The van der Waals surface area contributed by atoms with E-state index in [1.165, 1.54) is 11.3 Å². The molecule has 0 aliphatic carbocycles. The van der Waals surface area contributed by atoms with Crippen molar-refractivity contribution in [1.82, 2.24) is 4.90 Å². The minimum atomic E-state index is 0.0290. The lowest BCUT2D eigenvalue weighted by Crippen LogP contribution is -2.36. The Morgan fingerprint density at radius 2 is 1.84 bits per heavy atom. The molecular weight excluding hydrogens is 330 g/mol. The van der Waals surface area contributed by atoms with Crippen molar-refractivity contribution in [1.29, 1.82) is 0 Å². The highest BCUT2D eigenvalue weighted by atomic mass is 79.9. The van der Waals surface area contributed by atoms with E-state index in [0.29, 0.717) is 39.5 Å². The zero-order valence-electron chi connectivity index (χ0n) is 11.4. The Morgan fingerprint density at radius 1 is 1.26 bits per heavy atom. The lowest BCUT2D eigenvalue weighted by Gasteiger charge is -2.22. The van der Waals surface area contributed by atoms with E-state index in [0.717, 1.165) is 9.35 Å². The fourth-order valence-corrected chi connectivity index (χ4v) is 3.05. The normalized spacial score (nSPS) is 10.7. The Hall–Kier alpha value is -0.430. The van der Waals surface area contributed by atoms with E-state index in [9.17, 15) is 4.79 Å². The molecule has 0 bridgehead atoms. The molecule has 0 aliphatic rings. The largest absolute Gasteiger partial charge is 0.380 e. The standard InChI is InChI=1S/C13H20BrNO3S/c1-3-17-8-6-15(7-9-18-4-2)13(16)12-11(14)5-10-19-12/h5,10H,3-4,6-9H2,1-2H3. The summed E-state index contributed by atoms with van der Waals surface area (Å²) in [4.78, 5) is 14.9. The summed E-state index contributed by atoms with van der Waals surface area (Å²) in [5, 5.41) is 1.90. The van der Waals surface area contributed by atoms with Crippen LogP contribution < -0.4 is 0 Å². The van der Waals surface area contributed by atoms with Gasteiger partial charge in [0.15, 0.2) is 0 Å². The Labute approximate surface area is 126 Å². The Morgan fingerprint density at radius 3 is 2.26 bits per heavy atom. The molecule has 0 aliphatic heterocycles. The number of rotatable bonds is 9. The first-order chi connectivity index (χ1) is 9.20. The monoisotopic (exact) mass is 349 g/mol. The Balaban J connectivity index is 2.60. The second-order valence-electron chi connectivity index (χ2n) is 3.78. The van der Waals surface area contributed by atoms with E-state index in [2.05, 4.69) is 15.9 Å². The molecule has 0 aromatic carbocycles. The smallest absolute Gasteiger partial charge is 0.265 e. The van der Waals surface area contributed by atoms with Gasteiger partial charge in [-0.3, -0.25) is 4.79 Å². The van der Waals surface area contributed by atoms with Gasteiger partial charge in [0.1, 0.15) is 4.88 Å². The number of amides is 1. The lowest BCUT2D eigenvalue weighted by molar-refractivity contribution is 0.0553. The lowest BCUT2D eigenvalue weighted by atomic mass is 10.3. The highest BCUT2D eigenvalue weighted by Crippen LogP contribution is 2.24. The van der Waals surface area contributed by atoms with Crippen molar-refractivity contribution in [3.8, 4) is 0 Å². The average molecular weight is 350 g/mol. The molecule has 1 heterocycles. The molecule has 0 saturated heterocycles. The van der Waals surface area contributed by atoms with E-state index < -0.39 is 0 Å². The van der Waals surface area contributed by atoms with Gasteiger partial charge in [-0.1, -0.05) is 0 Å². The first-order valence-electron chi connectivity index (χ1n) is 6.38. The van der Waals surface area contributed by atoms with Crippen LogP contribution in [-0.2, 0) is 9.47 Å². The van der Waals surface area contributed by atoms with Gasteiger partial charge in [0.05, 0.1) is 13.2 Å². The van der Waals surface area contributed by atoms with E-state index >= 15 is 0 Å². The molecular formula is C13H20BrNO3S. The van der Waals surface area contributed by atoms with Crippen molar-refractivity contribution < 1.29 is 14.3 Å². The molecule has 0 N–H and O–H groups in total. The molecule has 1 aromatic rings. The molecule has 108 valence electrons. The molecule has 19 heavy (non-hydrogen) atoms. The second kappa shape index (κ2) is 9.47. The molecule has 1 rings (SSSR count). The topological polar surface area (TPSA) is 38.8 Å². The van der Waals surface area contributed by atoms with Crippen LogP contribution in [0.3, 0.4) is 0 Å². The number of hydrogen-bond donors (Lipinski definition) is 0. The average Bonchev–Trinajstić information content (AvgIpc) is 2.83. The van der Waals surface area contributed by atoms with Crippen molar-refractivity contribution in [3.63, 3.8) is 0 Å². The summed E-state index contributed by atoms with van der Waals surface area (Å²) < 4.78 is 11.5. The second-order valence-corrected chi connectivity index (χ2v) is 5.55. The molecule has 0 saturated carbocycles. The van der Waals surface area contributed by atoms with E-state index in [1.807, 2.05) is 25.3 Å². The quantitative estimate of drug-likeness (QED) is 0.643. The van der Waals surface area contributed by atoms with Crippen LogP contribution in [0.25, 0.3) is 0 Å². The van der Waals surface area contributed by atoms with Gasteiger partial charge < -0.3 is 14.4 Å². The Kier molecular flexibility index (Phi) is 8.29. The Bertz CT molecular complexity index is 374. The predicted molar refractivity (Wildman–Crippen MR) is 80.9 cm³/mol. The molecule has 0 radical (unpaired) electrons. The molecule has 1 aromatic heterocycles. The number of hydrogen-bond acceptors (Lipinski definition) is 4. The minimum Gasteiger partial charge on any atom is -0.380 e. The van der Waals surface area contributed by atoms with Gasteiger partial charge in [0.2, 0.25) is 0 Å². The first-order valence-corrected chi connectivity index (χ1v) is 8.05. The van der Waals surface area contributed by atoms with Gasteiger partial charge in [-0.2, -0.15) is 0 Å². The minimum absolute atomic E-state index is 0.0290. The fourth-order valence-electron chi connectivity index (χ4n) is 1.54. The van der Waals surface area contributed by atoms with Crippen LogP contribution in [-0.4, -0.2) is 50.3 Å². The fraction of sp³-hybridized carbons (Fsp3) is 0.615. The van der Waals surface area contributed by atoms with Gasteiger partial charge in [0.25, 0.3) is 5.91 Å². The summed E-state index contributed by atoms with van der Waals surface area (Å²) in [6.07, 6.45) is 0. The van der Waals surface area contributed by atoms with Gasteiger partial charge in [0, 0.05) is 30.8 Å².